The quantitative estimate of drug-likeness (QED) is 0.354. The zero-order valence-electron chi connectivity index (χ0n) is 20.3. The predicted octanol–water partition coefficient (Wildman–Crippen LogP) is 5.64. The summed E-state index contributed by atoms with van der Waals surface area (Å²) in [6.45, 7) is 5.74. The molecular formula is C25H24Cl2N6O4. The first-order valence-corrected chi connectivity index (χ1v) is 11.9. The maximum absolute atomic E-state index is 13.6. The van der Waals surface area contributed by atoms with E-state index in [4.69, 9.17) is 32.7 Å². The number of para-hydroxylation sites is 2. The summed E-state index contributed by atoms with van der Waals surface area (Å²) < 4.78 is 10.7. The molecule has 0 aliphatic carbocycles. The summed E-state index contributed by atoms with van der Waals surface area (Å²) >= 11 is 13.2. The Morgan fingerprint density at radius 1 is 1.16 bits per heavy atom. The molecule has 0 saturated heterocycles. The Bertz CT molecular complexity index is 1360. The van der Waals surface area contributed by atoms with E-state index in [1.54, 1.807) is 36.5 Å². The fraction of sp³-hybridized carbons (Fsp3) is 0.200. The molecule has 10 nitrogen and oxygen atoms in total. The number of carbonyl (C=O) groups is 2. The highest BCUT2D eigenvalue weighted by molar-refractivity contribution is 6.42. The van der Waals surface area contributed by atoms with E-state index in [1.807, 2.05) is 6.92 Å². The minimum absolute atomic E-state index is 0.118. The van der Waals surface area contributed by atoms with Crippen LogP contribution in [0.25, 0.3) is 0 Å². The molecule has 1 aliphatic rings. The molecule has 0 saturated carbocycles. The maximum Gasteiger partial charge on any atom is 0.330 e. The monoisotopic (exact) mass is 542 g/mol. The van der Waals surface area contributed by atoms with Crippen molar-refractivity contribution >= 4 is 64.0 Å². The Balaban J connectivity index is 1.72. The molecule has 1 aliphatic heterocycles. The Labute approximate surface area is 223 Å². The average Bonchev–Trinajstić information content (AvgIpc) is 2.90. The number of urea groups is 1. The van der Waals surface area contributed by atoms with Crippen LogP contribution in [0.3, 0.4) is 0 Å². The molecule has 37 heavy (non-hydrogen) atoms. The van der Waals surface area contributed by atoms with Crippen molar-refractivity contribution in [2.45, 2.75) is 13.5 Å². The smallest absolute Gasteiger partial charge is 0.330 e. The number of amides is 3. The van der Waals surface area contributed by atoms with Crippen LogP contribution in [0.4, 0.5) is 33.6 Å². The minimum Gasteiger partial charge on any atom is -0.495 e. The van der Waals surface area contributed by atoms with Crippen LogP contribution in [0.15, 0.2) is 49.2 Å². The molecule has 3 amide bonds. The first kappa shape index (κ1) is 26.1. The van der Waals surface area contributed by atoms with Crippen molar-refractivity contribution < 1.29 is 19.1 Å². The van der Waals surface area contributed by atoms with Crippen LogP contribution < -0.4 is 29.9 Å². The van der Waals surface area contributed by atoms with Crippen LogP contribution in [0.5, 0.6) is 11.5 Å². The third-order valence-electron chi connectivity index (χ3n) is 5.64. The molecule has 4 rings (SSSR count). The van der Waals surface area contributed by atoms with Crippen molar-refractivity contribution in [2.24, 2.45) is 0 Å². The number of rotatable bonds is 8. The van der Waals surface area contributed by atoms with Crippen LogP contribution in [0, 0.1) is 0 Å². The number of ether oxygens (including phenoxy) is 2. The Morgan fingerprint density at radius 2 is 1.81 bits per heavy atom. The van der Waals surface area contributed by atoms with Crippen LogP contribution in [-0.4, -0.2) is 42.7 Å². The third kappa shape index (κ3) is 4.98. The molecular weight excluding hydrogens is 519 g/mol. The molecule has 2 N–H and O–H groups in total. The van der Waals surface area contributed by atoms with Crippen molar-refractivity contribution in [3.8, 4) is 11.5 Å². The maximum atomic E-state index is 13.6. The Morgan fingerprint density at radius 3 is 2.41 bits per heavy atom. The highest BCUT2D eigenvalue weighted by Gasteiger charge is 2.36. The number of nitrogens with one attached hydrogen (secondary N) is 2. The van der Waals surface area contributed by atoms with Crippen molar-refractivity contribution in [3.63, 3.8) is 0 Å². The fourth-order valence-corrected chi connectivity index (χ4v) is 4.56. The van der Waals surface area contributed by atoms with Crippen molar-refractivity contribution in [1.82, 2.24) is 9.97 Å². The summed E-state index contributed by atoms with van der Waals surface area (Å²) in [7, 11) is 2.93. The van der Waals surface area contributed by atoms with Crippen molar-refractivity contribution in [2.75, 3.05) is 41.2 Å². The van der Waals surface area contributed by atoms with E-state index in [-0.39, 0.29) is 40.2 Å². The normalized spacial score (nSPS) is 12.6. The van der Waals surface area contributed by atoms with Crippen molar-refractivity contribution in [1.29, 1.82) is 0 Å². The molecule has 3 aromatic rings. The number of methoxy groups -OCH3 is 2. The number of aromatic nitrogens is 2. The zero-order chi connectivity index (χ0) is 26.7. The number of benzene rings is 2. The van der Waals surface area contributed by atoms with Gasteiger partial charge in [0.15, 0.2) is 0 Å². The summed E-state index contributed by atoms with van der Waals surface area (Å²) in [6.07, 6.45) is 2.80. The SMILES string of the molecule is C=CC(=O)Nc1ccccc1Nc1ncc2c(n1)N(CC)C(=O)N(c1c(Cl)c(OC)cc(OC)c1Cl)C2. The lowest BCUT2D eigenvalue weighted by molar-refractivity contribution is -0.111. The predicted molar refractivity (Wildman–Crippen MR) is 145 cm³/mol. The van der Waals surface area contributed by atoms with Gasteiger partial charge < -0.3 is 20.1 Å². The van der Waals surface area contributed by atoms with Gasteiger partial charge in [-0.1, -0.05) is 41.9 Å². The second kappa shape index (κ2) is 10.9. The third-order valence-corrected chi connectivity index (χ3v) is 6.37. The van der Waals surface area contributed by atoms with Crippen LogP contribution >= 0.6 is 23.2 Å². The van der Waals surface area contributed by atoms with E-state index < -0.39 is 0 Å². The molecule has 2 aromatic carbocycles. The number of carbonyl (C=O) groups excluding carboxylic acids is 2. The number of nitrogens with zero attached hydrogens (tertiary/aromatic N) is 4. The number of hydrogen-bond acceptors (Lipinski definition) is 7. The minimum atomic E-state index is -0.377. The fourth-order valence-electron chi connectivity index (χ4n) is 3.85. The second-order valence-electron chi connectivity index (χ2n) is 7.78. The first-order chi connectivity index (χ1) is 17.8. The molecule has 0 fully saturated rings. The Hall–Kier alpha value is -4.02. The summed E-state index contributed by atoms with van der Waals surface area (Å²) in [5.41, 5.74) is 2.04. The van der Waals surface area contributed by atoms with E-state index in [0.29, 0.717) is 40.8 Å². The van der Waals surface area contributed by atoms with Gasteiger partial charge in [-0.2, -0.15) is 4.98 Å². The second-order valence-corrected chi connectivity index (χ2v) is 8.53. The largest absolute Gasteiger partial charge is 0.495 e. The lowest BCUT2D eigenvalue weighted by atomic mass is 10.1. The lowest BCUT2D eigenvalue weighted by Gasteiger charge is -2.36. The van der Waals surface area contributed by atoms with E-state index >= 15 is 0 Å². The molecule has 0 bridgehead atoms. The van der Waals surface area contributed by atoms with E-state index in [0.717, 1.165) is 0 Å². The lowest BCUT2D eigenvalue weighted by Crippen LogP contribution is -2.48. The molecule has 0 radical (unpaired) electrons. The van der Waals surface area contributed by atoms with Crippen LogP contribution in [0.1, 0.15) is 12.5 Å². The zero-order valence-corrected chi connectivity index (χ0v) is 21.9. The van der Waals surface area contributed by atoms with Crippen LogP contribution in [-0.2, 0) is 11.3 Å². The van der Waals surface area contributed by atoms with E-state index in [1.165, 1.54) is 30.1 Å². The number of fused-ring (bicyclic) bond motifs is 1. The number of anilines is 5. The van der Waals surface area contributed by atoms with Gasteiger partial charge in [0.05, 0.1) is 37.8 Å². The average molecular weight is 543 g/mol. The van der Waals surface area contributed by atoms with Gasteiger partial charge in [0.1, 0.15) is 27.4 Å². The van der Waals surface area contributed by atoms with Gasteiger partial charge >= 0.3 is 6.03 Å². The summed E-state index contributed by atoms with van der Waals surface area (Å²) in [4.78, 5) is 37.4. The van der Waals surface area contributed by atoms with Gasteiger partial charge in [-0.25, -0.2) is 9.78 Å². The summed E-state index contributed by atoms with van der Waals surface area (Å²) in [6, 6.07) is 8.28. The van der Waals surface area contributed by atoms with E-state index in [2.05, 4.69) is 27.2 Å². The molecule has 192 valence electrons. The van der Waals surface area contributed by atoms with Gasteiger partial charge in [0.25, 0.3) is 0 Å². The van der Waals surface area contributed by atoms with Gasteiger partial charge in [-0.15, -0.1) is 0 Å². The molecule has 0 unspecified atom stereocenters. The highest BCUT2D eigenvalue weighted by Crippen LogP contribution is 2.48. The summed E-state index contributed by atoms with van der Waals surface area (Å²) in [5, 5.41) is 6.19. The van der Waals surface area contributed by atoms with Gasteiger partial charge in [-0.3, -0.25) is 14.6 Å². The highest BCUT2D eigenvalue weighted by atomic mass is 35.5. The van der Waals surface area contributed by atoms with Gasteiger partial charge in [-0.05, 0) is 25.1 Å². The number of hydrogen-bond donors (Lipinski definition) is 2. The number of halogens is 2. The van der Waals surface area contributed by atoms with Crippen molar-refractivity contribution in [3.05, 3.63) is 64.8 Å². The molecule has 12 heteroatoms. The van der Waals surface area contributed by atoms with Gasteiger partial charge in [0.2, 0.25) is 11.9 Å². The topological polar surface area (TPSA) is 109 Å². The first-order valence-electron chi connectivity index (χ1n) is 11.2. The summed E-state index contributed by atoms with van der Waals surface area (Å²) in [5.74, 6) is 0.971. The molecule has 0 spiro atoms. The Kier molecular flexibility index (Phi) is 7.70. The molecule has 2 heterocycles. The standard InChI is InChI=1S/C25H24Cl2N6O4/c1-5-19(34)29-15-9-7-8-10-16(15)30-24-28-12-14-13-33(25(35)32(6-2)23(14)31-24)22-20(26)17(36-3)11-18(37-4)21(22)27/h5,7-12H,1,6,13H2,2-4H3,(H,29,34)(H,28,30,31). The molecule has 0 atom stereocenters. The van der Waals surface area contributed by atoms with Crippen LogP contribution in [0.2, 0.25) is 10.0 Å². The van der Waals surface area contributed by atoms with Gasteiger partial charge in [0, 0.05) is 24.4 Å². The molecule has 1 aromatic heterocycles. The van der Waals surface area contributed by atoms with E-state index in [9.17, 15) is 9.59 Å².